The summed E-state index contributed by atoms with van der Waals surface area (Å²) >= 11 is 0. The van der Waals surface area contributed by atoms with Crippen LogP contribution in [-0.2, 0) is 103 Å². The first-order valence-electron chi connectivity index (χ1n) is 3.40. The maximum Gasteiger partial charge on any atom is 0.0933 e. The fourth-order valence-corrected chi connectivity index (χ4v) is 0.839. The van der Waals surface area contributed by atoms with Crippen molar-refractivity contribution in [3.05, 3.63) is 0 Å². The SMILES string of the molecule is [Si]CCCNCC1CO1.[Y].[Y].[Y]. The molecule has 0 amide bonds. The molecule has 2 nitrogen and oxygen atoms in total. The topological polar surface area (TPSA) is 24.6 Å². The Labute approximate surface area is 154 Å². The van der Waals surface area contributed by atoms with Crippen LogP contribution in [0, 0.1) is 0 Å². The molecule has 6 radical (unpaired) electrons. The van der Waals surface area contributed by atoms with Crippen LogP contribution in [0.25, 0.3) is 0 Å². The minimum atomic E-state index is 0. The van der Waals surface area contributed by atoms with Crippen LogP contribution in [0.2, 0.25) is 6.04 Å². The average Bonchev–Trinajstić information content (AvgIpc) is 2.63. The molecule has 1 heterocycles. The normalized spacial score (nSPS) is 18.2. The molecular formula is C6H12NOSiY3. The van der Waals surface area contributed by atoms with Crippen LogP contribution in [0.5, 0.6) is 0 Å². The van der Waals surface area contributed by atoms with E-state index >= 15 is 0 Å². The second kappa shape index (κ2) is 14.4. The summed E-state index contributed by atoms with van der Waals surface area (Å²) in [6.07, 6.45) is 1.73. The predicted octanol–water partition coefficient (Wildman–Crippen LogP) is -0.0558. The van der Waals surface area contributed by atoms with E-state index in [9.17, 15) is 0 Å². The molecule has 1 unspecified atom stereocenters. The molecule has 0 aromatic heterocycles. The average molecular weight is 409 g/mol. The molecular weight excluding hydrogens is 397 g/mol. The number of ether oxygens (including phenoxy) is 1. The van der Waals surface area contributed by atoms with Gasteiger partial charge in [0, 0.05) is 115 Å². The van der Waals surface area contributed by atoms with Crippen LogP contribution in [0.4, 0.5) is 0 Å². The standard InChI is InChI=1S/C6H12NOSi.3Y/c9-3-1-2-7-4-6-5-8-6;;;/h6-7H,1-5H2;;;. The van der Waals surface area contributed by atoms with Crippen molar-refractivity contribution in [1.29, 1.82) is 0 Å². The first-order valence-corrected chi connectivity index (χ1v) is 4.11. The third-order valence-corrected chi connectivity index (χ3v) is 1.66. The molecule has 12 heavy (non-hydrogen) atoms. The summed E-state index contributed by atoms with van der Waals surface area (Å²) in [5.41, 5.74) is 0. The third kappa shape index (κ3) is 13.4. The van der Waals surface area contributed by atoms with E-state index < -0.39 is 0 Å². The van der Waals surface area contributed by atoms with Gasteiger partial charge < -0.3 is 10.1 Å². The van der Waals surface area contributed by atoms with Crippen molar-refractivity contribution in [2.24, 2.45) is 0 Å². The molecule has 0 aromatic rings. The van der Waals surface area contributed by atoms with Crippen LogP contribution < -0.4 is 5.32 Å². The molecule has 6 heteroatoms. The zero-order valence-corrected chi connectivity index (χ0v) is 16.8. The minimum Gasteiger partial charge on any atom is -0.372 e. The van der Waals surface area contributed by atoms with Gasteiger partial charge in [-0.05, 0) is 13.0 Å². The molecule has 0 spiro atoms. The van der Waals surface area contributed by atoms with Gasteiger partial charge in [-0.2, -0.15) is 0 Å². The summed E-state index contributed by atoms with van der Waals surface area (Å²) in [6.45, 7) is 3.09. The number of epoxide rings is 1. The zero-order valence-electron chi connectivity index (χ0n) is 7.25. The molecule has 1 rings (SSSR count). The summed E-state index contributed by atoms with van der Waals surface area (Å²) in [6, 6.07) is 1.08. The number of nitrogens with one attached hydrogen (secondary N) is 1. The molecule has 1 aliphatic rings. The zero-order chi connectivity index (χ0) is 6.53. The molecule has 0 aliphatic carbocycles. The summed E-state index contributed by atoms with van der Waals surface area (Å²) < 4.78 is 5.01. The molecule has 60 valence electrons. The van der Waals surface area contributed by atoms with Crippen molar-refractivity contribution in [2.75, 3.05) is 19.7 Å². The van der Waals surface area contributed by atoms with Gasteiger partial charge in [-0.3, -0.25) is 0 Å². The molecule has 1 saturated heterocycles. The van der Waals surface area contributed by atoms with Crippen molar-refractivity contribution >= 4 is 10.2 Å². The molecule has 0 aromatic carbocycles. The first kappa shape index (κ1) is 20.8. The Morgan fingerprint density at radius 2 is 1.92 bits per heavy atom. The second-order valence-electron chi connectivity index (χ2n) is 2.26. The van der Waals surface area contributed by atoms with E-state index in [4.69, 9.17) is 4.74 Å². The Morgan fingerprint density at radius 3 is 2.33 bits per heavy atom. The van der Waals surface area contributed by atoms with Gasteiger partial charge in [-0.15, -0.1) is 0 Å². The Balaban J connectivity index is -0.000000270. The summed E-state index contributed by atoms with van der Waals surface area (Å²) in [4.78, 5) is 0. The van der Waals surface area contributed by atoms with E-state index in [0.29, 0.717) is 6.10 Å². The van der Waals surface area contributed by atoms with Crippen molar-refractivity contribution in [2.45, 2.75) is 18.6 Å². The number of hydrogen-bond donors (Lipinski definition) is 1. The fourth-order valence-electron chi connectivity index (χ4n) is 0.662. The van der Waals surface area contributed by atoms with Gasteiger partial charge in [0.25, 0.3) is 0 Å². The largest absolute Gasteiger partial charge is 0.372 e. The smallest absolute Gasteiger partial charge is 0.0933 e. The fraction of sp³-hybridized carbons (Fsp3) is 1.00. The molecule has 1 N–H and O–H groups in total. The summed E-state index contributed by atoms with van der Waals surface area (Å²) in [5.74, 6) is 0. The van der Waals surface area contributed by atoms with Gasteiger partial charge in [0.1, 0.15) is 0 Å². The van der Waals surface area contributed by atoms with Gasteiger partial charge >= 0.3 is 0 Å². The quantitative estimate of drug-likeness (QED) is 0.392. The molecule has 0 saturated carbocycles. The van der Waals surface area contributed by atoms with E-state index in [2.05, 4.69) is 15.6 Å². The van der Waals surface area contributed by atoms with Crippen molar-refractivity contribution in [3.63, 3.8) is 0 Å². The molecule has 1 aliphatic heterocycles. The molecule has 1 atom stereocenters. The third-order valence-electron chi connectivity index (χ3n) is 1.30. The van der Waals surface area contributed by atoms with Gasteiger partial charge in [0.05, 0.1) is 12.7 Å². The van der Waals surface area contributed by atoms with Gasteiger partial charge in [0.2, 0.25) is 0 Å². The van der Waals surface area contributed by atoms with Crippen LogP contribution in [0.1, 0.15) is 6.42 Å². The Kier molecular flexibility index (Phi) is 25.1. The van der Waals surface area contributed by atoms with Gasteiger partial charge in [0.15, 0.2) is 0 Å². The van der Waals surface area contributed by atoms with Crippen LogP contribution in [0.3, 0.4) is 0 Å². The molecule has 1 fully saturated rings. The monoisotopic (exact) mass is 409 g/mol. The maximum atomic E-state index is 5.01. The van der Waals surface area contributed by atoms with Crippen LogP contribution in [-0.4, -0.2) is 36.0 Å². The van der Waals surface area contributed by atoms with Crippen LogP contribution in [0.15, 0.2) is 0 Å². The maximum absolute atomic E-state index is 5.01. The van der Waals surface area contributed by atoms with E-state index in [0.717, 1.165) is 25.7 Å². The van der Waals surface area contributed by atoms with E-state index in [1.54, 1.807) is 0 Å². The van der Waals surface area contributed by atoms with Crippen molar-refractivity contribution < 1.29 is 103 Å². The Morgan fingerprint density at radius 1 is 1.33 bits per heavy atom. The predicted molar refractivity (Wildman–Crippen MR) is 37.8 cm³/mol. The van der Waals surface area contributed by atoms with Gasteiger partial charge in [-0.1, -0.05) is 6.04 Å². The van der Waals surface area contributed by atoms with Crippen molar-refractivity contribution in [1.82, 2.24) is 5.32 Å². The Hall–Kier alpha value is 3.45. The summed E-state index contributed by atoms with van der Waals surface area (Å²) in [7, 11) is 3.40. The van der Waals surface area contributed by atoms with Crippen LogP contribution >= 0.6 is 0 Å². The van der Waals surface area contributed by atoms with Gasteiger partial charge in [-0.25, -0.2) is 0 Å². The second-order valence-corrected chi connectivity index (χ2v) is 2.76. The van der Waals surface area contributed by atoms with E-state index in [1.165, 1.54) is 6.42 Å². The van der Waals surface area contributed by atoms with E-state index in [-0.39, 0.29) is 98.1 Å². The van der Waals surface area contributed by atoms with E-state index in [1.807, 2.05) is 0 Å². The summed E-state index contributed by atoms with van der Waals surface area (Å²) in [5, 5.41) is 3.29. The number of rotatable bonds is 5. The first-order chi connectivity index (χ1) is 4.43. The molecule has 0 bridgehead atoms. The number of hydrogen-bond acceptors (Lipinski definition) is 2. The Bertz CT molecular complexity index is 85.2. The van der Waals surface area contributed by atoms with Crippen molar-refractivity contribution in [3.8, 4) is 0 Å². The minimum absolute atomic E-state index is 0.